The zero-order valence-corrected chi connectivity index (χ0v) is 17.5. The normalized spacial score (nSPS) is 24.0. The highest BCUT2D eigenvalue weighted by atomic mass is 127. The van der Waals surface area contributed by atoms with Crippen molar-refractivity contribution in [1.82, 2.24) is 24.8 Å². The van der Waals surface area contributed by atoms with E-state index in [0.29, 0.717) is 23.5 Å². The molecule has 29 heavy (non-hydrogen) atoms. The molecule has 1 saturated heterocycles. The fraction of sp³-hybridized carbons (Fsp3) is 0.333. The summed E-state index contributed by atoms with van der Waals surface area (Å²) in [7, 11) is 1.43. The molecule has 0 saturated carbocycles. The number of likely N-dealkylation sites (N-methyl/N-ethyl adjacent to an activating group) is 1. The first-order valence-corrected chi connectivity index (χ1v) is 9.96. The van der Waals surface area contributed by atoms with E-state index in [1.54, 1.807) is 0 Å². The summed E-state index contributed by atoms with van der Waals surface area (Å²) in [5.41, 5.74) is 2.00. The predicted octanol–water partition coefficient (Wildman–Crippen LogP) is 0.408. The van der Waals surface area contributed by atoms with Crippen LogP contribution >= 0.6 is 22.6 Å². The molecule has 4 atom stereocenters. The summed E-state index contributed by atoms with van der Waals surface area (Å²) in [6.45, 7) is 0.551. The lowest BCUT2D eigenvalue weighted by molar-refractivity contribution is -0.137. The summed E-state index contributed by atoms with van der Waals surface area (Å²) >= 11 is 2.26. The Bertz CT molecular complexity index is 1040. The van der Waals surface area contributed by atoms with Gasteiger partial charge in [-0.25, -0.2) is 15.0 Å². The molecule has 0 spiro atoms. The number of hydrogen-bond donors (Lipinski definition) is 4. The quantitative estimate of drug-likeness (QED) is 0.363. The van der Waals surface area contributed by atoms with E-state index < -0.39 is 30.4 Å². The lowest BCUT2D eigenvalue weighted by Gasteiger charge is -2.16. The van der Waals surface area contributed by atoms with Crippen molar-refractivity contribution in [2.75, 3.05) is 12.4 Å². The first-order valence-electron chi connectivity index (χ1n) is 8.88. The van der Waals surface area contributed by atoms with Gasteiger partial charge in [0.05, 0.1) is 6.33 Å². The Morgan fingerprint density at radius 1 is 1.28 bits per heavy atom. The second kappa shape index (κ2) is 8.18. The largest absolute Gasteiger partial charge is 0.387 e. The second-order valence-corrected chi connectivity index (χ2v) is 7.82. The van der Waals surface area contributed by atoms with E-state index in [9.17, 15) is 15.0 Å². The van der Waals surface area contributed by atoms with Gasteiger partial charge < -0.3 is 25.6 Å². The number of anilines is 1. The summed E-state index contributed by atoms with van der Waals surface area (Å²) in [6.07, 6.45) is -2.04. The maximum Gasteiger partial charge on any atom is 0.251 e. The number of aromatic nitrogens is 4. The highest BCUT2D eigenvalue weighted by Gasteiger charge is 2.47. The molecule has 3 aromatic rings. The molecule has 1 aliphatic rings. The van der Waals surface area contributed by atoms with Gasteiger partial charge in [-0.05, 0) is 40.3 Å². The first-order chi connectivity index (χ1) is 14.0. The number of imidazole rings is 1. The Morgan fingerprint density at radius 3 is 2.86 bits per heavy atom. The number of halogens is 1. The van der Waals surface area contributed by atoms with Crippen LogP contribution in [-0.2, 0) is 16.1 Å². The van der Waals surface area contributed by atoms with Crippen molar-refractivity contribution in [2.45, 2.75) is 31.1 Å². The standard InChI is InChI=1S/C18H19IN6O4/c1-20-17(28)14-12(26)13(27)18(29-14)25-8-24-11-15(22-7-23-16(11)25)21-6-9-3-2-4-10(19)5-9/h2-5,7-8,12-14,18,26-27H,6H2,1H3,(H,20,28)(H,21,22,23)/t12-,13+,14-,18?/m0/s1. The average molecular weight is 510 g/mol. The molecule has 1 unspecified atom stereocenters. The smallest absolute Gasteiger partial charge is 0.251 e. The van der Waals surface area contributed by atoms with Gasteiger partial charge in [-0.3, -0.25) is 9.36 Å². The molecule has 10 nitrogen and oxygen atoms in total. The van der Waals surface area contributed by atoms with Gasteiger partial charge in [-0.15, -0.1) is 0 Å². The third-order valence-corrected chi connectivity index (χ3v) is 5.40. The molecule has 1 fully saturated rings. The molecule has 11 heteroatoms. The Kier molecular flexibility index (Phi) is 5.63. The Labute approximate surface area is 179 Å². The summed E-state index contributed by atoms with van der Waals surface area (Å²) < 4.78 is 8.23. The third-order valence-electron chi connectivity index (χ3n) is 4.73. The number of aliphatic hydroxyl groups excluding tert-OH is 2. The molecular formula is C18H19IN6O4. The van der Waals surface area contributed by atoms with Crippen molar-refractivity contribution in [2.24, 2.45) is 0 Å². The van der Waals surface area contributed by atoms with Crippen LogP contribution < -0.4 is 10.6 Å². The van der Waals surface area contributed by atoms with E-state index in [-0.39, 0.29) is 0 Å². The molecule has 3 heterocycles. The maximum absolute atomic E-state index is 11.9. The van der Waals surface area contributed by atoms with E-state index in [0.717, 1.165) is 9.13 Å². The van der Waals surface area contributed by atoms with Crippen LogP contribution in [-0.4, -0.2) is 61.0 Å². The molecule has 0 aliphatic carbocycles. The minimum atomic E-state index is -1.36. The zero-order valence-electron chi connectivity index (χ0n) is 15.4. The number of carbonyl (C=O) groups is 1. The number of aliphatic hydroxyl groups is 2. The van der Waals surface area contributed by atoms with E-state index in [4.69, 9.17) is 4.74 Å². The lowest BCUT2D eigenvalue weighted by atomic mass is 10.1. The number of ether oxygens (including phenoxy) is 1. The van der Waals surface area contributed by atoms with E-state index in [1.807, 2.05) is 18.2 Å². The number of amides is 1. The van der Waals surface area contributed by atoms with Crippen LogP contribution in [0.3, 0.4) is 0 Å². The topological polar surface area (TPSA) is 134 Å². The fourth-order valence-corrected chi connectivity index (χ4v) is 3.86. The van der Waals surface area contributed by atoms with Crippen LogP contribution in [0, 0.1) is 3.57 Å². The Morgan fingerprint density at radius 2 is 2.10 bits per heavy atom. The van der Waals surface area contributed by atoms with Gasteiger partial charge in [0.15, 0.2) is 29.3 Å². The zero-order chi connectivity index (χ0) is 20.5. The van der Waals surface area contributed by atoms with Gasteiger partial charge in [0.25, 0.3) is 5.91 Å². The van der Waals surface area contributed by atoms with Gasteiger partial charge in [0, 0.05) is 17.2 Å². The monoisotopic (exact) mass is 510 g/mol. The number of nitrogens with zero attached hydrogens (tertiary/aromatic N) is 4. The molecule has 4 rings (SSSR count). The minimum absolute atomic E-state index is 0.416. The minimum Gasteiger partial charge on any atom is -0.387 e. The molecule has 1 aromatic carbocycles. The Balaban J connectivity index is 1.60. The molecule has 4 N–H and O–H groups in total. The van der Waals surface area contributed by atoms with E-state index >= 15 is 0 Å². The summed E-state index contributed by atoms with van der Waals surface area (Å²) in [6, 6.07) is 8.07. The van der Waals surface area contributed by atoms with Crippen molar-refractivity contribution in [3.63, 3.8) is 0 Å². The summed E-state index contributed by atoms with van der Waals surface area (Å²) in [4.78, 5) is 24.7. The lowest BCUT2D eigenvalue weighted by Crippen LogP contribution is -2.41. The van der Waals surface area contributed by atoms with Gasteiger partial charge in [0.1, 0.15) is 18.5 Å². The SMILES string of the molecule is CNC(=O)[C@H]1OC(n2cnc3c(NCc4cccc(I)c4)ncnc32)[C@H](O)[C@@H]1O. The van der Waals surface area contributed by atoms with Crippen LogP contribution in [0.1, 0.15) is 11.8 Å². The van der Waals surface area contributed by atoms with Gasteiger partial charge in [-0.2, -0.15) is 0 Å². The fourth-order valence-electron chi connectivity index (χ4n) is 3.25. The van der Waals surface area contributed by atoms with Crippen molar-refractivity contribution >= 4 is 45.5 Å². The highest BCUT2D eigenvalue weighted by Crippen LogP contribution is 2.32. The molecule has 0 radical (unpaired) electrons. The first kappa shape index (κ1) is 19.9. The van der Waals surface area contributed by atoms with Crippen LogP contribution in [0.15, 0.2) is 36.9 Å². The van der Waals surface area contributed by atoms with Crippen LogP contribution in [0.5, 0.6) is 0 Å². The second-order valence-electron chi connectivity index (χ2n) is 6.57. The summed E-state index contributed by atoms with van der Waals surface area (Å²) in [5.74, 6) is 0.0152. The number of carbonyl (C=O) groups excluding carboxylic acids is 1. The maximum atomic E-state index is 11.9. The van der Waals surface area contributed by atoms with Crippen LogP contribution in [0.25, 0.3) is 11.2 Å². The van der Waals surface area contributed by atoms with Gasteiger partial charge >= 0.3 is 0 Å². The number of fused-ring (bicyclic) bond motifs is 1. The van der Waals surface area contributed by atoms with Crippen molar-refractivity contribution in [1.29, 1.82) is 0 Å². The van der Waals surface area contributed by atoms with Crippen molar-refractivity contribution < 1.29 is 19.7 Å². The van der Waals surface area contributed by atoms with Crippen LogP contribution in [0.2, 0.25) is 0 Å². The molecule has 1 amide bonds. The van der Waals surface area contributed by atoms with Crippen LogP contribution in [0.4, 0.5) is 5.82 Å². The van der Waals surface area contributed by atoms with E-state index in [1.165, 1.54) is 24.3 Å². The molecule has 0 bridgehead atoms. The molecular weight excluding hydrogens is 491 g/mol. The van der Waals surface area contributed by atoms with Gasteiger partial charge in [0.2, 0.25) is 0 Å². The number of nitrogens with one attached hydrogen (secondary N) is 2. The number of hydrogen-bond acceptors (Lipinski definition) is 8. The van der Waals surface area contributed by atoms with Crippen molar-refractivity contribution in [3.05, 3.63) is 46.1 Å². The molecule has 2 aromatic heterocycles. The predicted molar refractivity (Wildman–Crippen MR) is 112 cm³/mol. The number of benzene rings is 1. The van der Waals surface area contributed by atoms with Crippen molar-refractivity contribution in [3.8, 4) is 0 Å². The van der Waals surface area contributed by atoms with E-state index in [2.05, 4.69) is 54.2 Å². The Hall–Kier alpha value is -2.35. The molecule has 1 aliphatic heterocycles. The highest BCUT2D eigenvalue weighted by molar-refractivity contribution is 14.1. The number of rotatable bonds is 5. The van der Waals surface area contributed by atoms with Gasteiger partial charge in [-0.1, -0.05) is 12.1 Å². The average Bonchev–Trinajstić information content (AvgIpc) is 3.28. The molecule has 152 valence electrons. The third kappa shape index (κ3) is 3.77. The summed E-state index contributed by atoms with van der Waals surface area (Å²) in [5, 5.41) is 26.2.